The minimum atomic E-state index is -0.270. The van der Waals surface area contributed by atoms with Gasteiger partial charge in [0.05, 0.1) is 12.7 Å². The van der Waals surface area contributed by atoms with E-state index in [4.69, 9.17) is 9.47 Å². The number of aromatic nitrogens is 2. The highest BCUT2D eigenvalue weighted by atomic mass is 16.5. The predicted octanol–water partition coefficient (Wildman–Crippen LogP) is 5.07. The van der Waals surface area contributed by atoms with Crippen molar-refractivity contribution in [2.45, 2.75) is 32.1 Å². The van der Waals surface area contributed by atoms with Crippen LogP contribution in [-0.2, 0) is 4.79 Å². The average molecular weight is 413 g/mol. The Kier molecular flexibility index (Phi) is 4.90. The molecular weight excluding hydrogens is 390 g/mol. The summed E-state index contributed by atoms with van der Waals surface area (Å²) in [6.07, 6.45) is 3.58. The minimum Gasteiger partial charge on any atom is -0.497 e. The van der Waals surface area contributed by atoms with E-state index >= 15 is 0 Å². The number of Topliss-reactive ketones (excluding diaryl/α,β-unsaturated/α-hetero) is 1. The van der Waals surface area contributed by atoms with E-state index in [9.17, 15) is 4.79 Å². The van der Waals surface area contributed by atoms with Gasteiger partial charge < -0.3 is 14.8 Å². The molecule has 0 spiro atoms. The zero-order valence-electron chi connectivity index (χ0n) is 17.5. The Morgan fingerprint density at radius 1 is 1.10 bits per heavy atom. The highest BCUT2D eigenvalue weighted by molar-refractivity contribution is 6.00. The second-order valence-corrected chi connectivity index (χ2v) is 7.86. The molecule has 0 fully saturated rings. The van der Waals surface area contributed by atoms with E-state index in [0.717, 1.165) is 52.3 Å². The number of nitrogens with zero attached hydrogens (tertiary/aromatic N) is 2. The molecule has 0 amide bonds. The SMILES string of the molecule is COc1ccc(Nc2ncnc3c2C(c2cccc(C)c2)C2=C(CCCC2=O)O3)cc1. The van der Waals surface area contributed by atoms with Crippen molar-refractivity contribution in [2.75, 3.05) is 12.4 Å². The van der Waals surface area contributed by atoms with Crippen molar-refractivity contribution in [1.29, 1.82) is 0 Å². The Labute approximate surface area is 181 Å². The fraction of sp³-hybridized carbons (Fsp3) is 0.240. The number of rotatable bonds is 4. The summed E-state index contributed by atoms with van der Waals surface area (Å²) in [4.78, 5) is 22.0. The number of fused-ring (bicyclic) bond motifs is 1. The summed E-state index contributed by atoms with van der Waals surface area (Å²) in [5.74, 6) is 2.52. The van der Waals surface area contributed by atoms with Gasteiger partial charge in [-0.2, -0.15) is 0 Å². The Bertz CT molecular complexity index is 1180. The molecule has 6 nitrogen and oxygen atoms in total. The smallest absolute Gasteiger partial charge is 0.228 e. The molecule has 1 N–H and O–H groups in total. The van der Waals surface area contributed by atoms with Crippen LogP contribution in [0, 0.1) is 6.92 Å². The number of methoxy groups -OCH3 is 1. The van der Waals surface area contributed by atoms with E-state index in [1.54, 1.807) is 7.11 Å². The molecule has 156 valence electrons. The van der Waals surface area contributed by atoms with Crippen molar-refractivity contribution in [3.8, 4) is 11.6 Å². The normalized spacial score (nSPS) is 17.5. The third-order valence-corrected chi connectivity index (χ3v) is 5.78. The lowest BCUT2D eigenvalue weighted by atomic mass is 9.77. The van der Waals surface area contributed by atoms with Gasteiger partial charge in [0.2, 0.25) is 5.88 Å². The number of carbonyl (C=O) groups excluding carboxylic acids is 1. The fourth-order valence-corrected chi connectivity index (χ4v) is 4.34. The Balaban J connectivity index is 1.65. The number of carbonyl (C=O) groups is 1. The summed E-state index contributed by atoms with van der Waals surface area (Å²) in [7, 11) is 1.64. The number of ketones is 1. The molecule has 2 aliphatic rings. The Morgan fingerprint density at radius 3 is 2.71 bits per heavy atom. The van der Waals surface area contributed by atoms with Crippen LogP contribution in [0.1, 0.15) is 41.9 Å². The van der Waals surface area contributed by atoms with Crippen molar-refractivity contribution in [3.63, 3.8) is 0 Å². The molecule has 1 aliphatic carbocycles. The first-order valence-corrected chi connectivity index (χ1v) is 10.4. The van der Waals surface area contributed by atoms with Crippen LogP contribution in [-0.4, -0.2) is 22.9 Å². The van der Waals surface area contributed by atoms with E-state index in [-0.39, 0.29) is 11.7 Å². The number of hydrogen-bond donors (Lipinski definition) is 1. The second-order valence-electron chi connectivity index (χ2n) is 7.86. The largest absolute Gasteiger partial charge is 0.497 e. The molecule has 0 saturated heterocycles. The van der Waals surface area contributed by atoms with Crippen molar-refractivity contribution in [3.05, 3.63) is 82.9 Å². The third-order valence-electron chi connectivity index (χ3n) is 5.78. The summed E-state index contributed by atoms with van der Waals surface area (Å²) < 4.78 is 11.4. The van der Waals surface area contributed by atoms with Crippen LogP contribution in [0.15, 0.2) is 66.2 Å². The summed E-state index contributed by atoms with van der Waals surface area (Å²) in [6, 6.07) is 15.9. The molecular formula is C25H23N3O3. The van der Waals surface area contributed by atoms with E-state index in [2.05, 4.69) is 40.4 Å². The van der Waals surface area contributed by atoms with E-state index in [1.807, 2.05) is 30.3 Å². The molecule has 0 saturated carbocycles. The number of ether oxygens (including phenoxy) is 2. The van der Waals surface area contributed by atoms with Crippen LogP contribution in [0.4, 0.5) is 11.5 Å². The quantitative estimate of drug-likeness (QED) is 0.644. The number of nitrogens with one attached hydrogen (secondary N) is 1. The van der Waals surface area contributed by atoms with Crippen molar-refractivity contribution >= 4 is 17.3 Å². The summed E-state index contributed by atoms with van der Waals surface area (Å²) in [5, 5.41) is 3.39. The number of aryl methyl sites for hydroxylation is 1. The molecule has 2 heterocycles. The lowest BCUT2D eigenvalue weighted by molar-refractivity contribution is -0.116. The van der Waals surface area contributed by atoms with E-state index < -0.39 is 0 Å². The highest BCUT2D eigenvalue weighted by Gasteiger charge is 2.39. The van der Waals surface area contributed by atoms with Gasteiger partial charge in [-0.1, -0.05) is 29.8 Å². The van der Waals surface area contributed by atoms with Crippen molar-refractivity contribution in [2.24, 2.45) is 0 Å². The van der Waals surface area contributed by atoms with Gasteiger partial charge >= 0.3 is 0 Å². The van der Waals surface area contributed by atoms with Crippen LogP contribution in [0.2, 0.25) is 0 Å². The maximum absolute atomic E-state index is 13.0. The van der Waals surface area contributed by atoms with Crippen LogP contribution >= 0.6 is 0 Å². The average Bonchev–Trinajstić information content (AvgIpc) is 2.78. The zero-order chi connectivity index (χ0) is 21.4. The molecule has 2 aromatic carbocycles. The lowest BCUT2D eigenvalue weighted by Crippen LogP contribution is -2.27. The van der Waals surface area contributed by atoms with E-state index in [0.29, 0.717) is 18.1 Å². The van der Waals surface area contributed by atoms with Gasteiger partial charge in [0, 0.05) is 30.0 Å². The first-order valence-electron chi connectivity index (χ1n) is 10.4. The van der Waals surface area contributed by atoms with E-state index in [1.165, 1.54) is 6.33 Å². The van der Waals surface area contributed by atoms with Crippen LogP contribution < -0.4 is 14.8 Å². The molecule has 1 aliphatic heterocycles. The van der Waals surface area contributed by atoms with Gasteiger partial charge in [0.1, 0.15) is 23.7 Å². The monoisotopic (exact) mass is 413 g/mol. The molecule has 5 rings (SSSR count). The molecule has 3 aromatic rings. The molecule has 0 bridgehead atoms. The Morgan fingerprint density at radius 2 is 1.94 bits per heavy atom. The second kappa shape index (κ2) is 7.87. The summed E-state index contributed by atoms with van der Waals surface area (Å²) in [5.41, 5.74) is 4.56. The molecule has 0 radical (unpaired) electrons. The third kappa shape index (κ3) is 3.54. The standard InChI is InChI=1S/C25H23N3O3/c1-15-5-3-6-16(13-15)21-22-19(29)7-4-8-20(22)31-25-23(21)24(26-14-27-25)28-17-9-11-18(30-2)12-10-17/h3,5-6,9-14,21H,4,7-8H2,1-2H3,(H,26,27,28). The van der Waals surface area contributed by atoms with Crippen LogP contribution in [0.3, 0.4) is 0 Å². The van der Waals surface area contributed by atoms with Crippen LogP contribution in [0.5, 0.6) is 11.6 Å². The number of anilines is 2. The predicted molar refractivity (Wildman–Crippen MR) is 118 cm³/mol. The Hall–Kier alpha value is -3.67. The number of hydrogen-bond acceptors (Lipinski definition) is 6. The summed E-state index contributed by atoms with van der Waals surface area (Å²) in [6.45, 7) is 2.06. The first kappa shape index (κ1) is 19.3. The highest BCUT2D eigenvalue weighted by Crippen LogP contribution is 2.48. The molecule has 1 aromatic heterocycles. The molecule has 6 heteroatoms. The fourth-order valence-electron chi connectivity index (χ4n) is 4.34. The summed E-state index contributed by atoms with van der Waals surface area (Å²) >= 11 is 0. The lowest BCUT2D eigenvalue weighted by Gasteiger charge is -2.33. The van der Waals surface area contributed by atoms with Gasteiger partial charge in [0.25, 0.3) is 0 Å². The van der Waals surface area contributed by atoms with Crippen molar-refractivity contribution in [1.82, 2.24) is 9.97 Å². The van der Waals surface area contributed by atoms with Crippen molar-refractivity contribution < 1.29 is 14.3 Å². The number of benzene rings is 2. The minimum absolute atomic E-state index is 0.137. The zero-order valence-corrected chi connectivity index (χ0v) is 17.5. The van der Waals surface area contributed by atoms with Gasteiger partial charge in [-0.15, -0.1) is 0 Å². The molecule has 1 unspecified atom stereocenters. The van der Waals surface area contributed by atoms with Gasteiger partial charge in [-0.3, -0.25) is 4.79 Å². The number of allylic oxidation sites excluding steroid dienone is 2. The van der Waals surface area contributed by atoms with Gasteiger partial charge in [0.15, 0.2) is 5.78 Å². The molecule has 31 heavy (non-hydrogen) atoms. The first-order chi connectivity index (χ1) is 15.1. The van der Waals surface area contributed by atoms with Gasteiger partial charge in [-0.05, 0) is 43.2 Å². The maximum atomic E-state index is 13.0. The topological polar surface area (TPSA) is 73.3 Å². The van der Waals surface area contributed by atoms with Gasteiger partial charge in [-0.25, -0.2) is 9.97 Å². The maximum Gasteiger partial charge on any atom is 0.228 e. The molecule has 1 atom stereocenters. The van der Waals surface area contributed by atoms with Crippen LogP contribution in [0.25, 0.3) is 0 Å².